The summed E-state index contributed by atoms with van der Waals surface area (Å²) in [4.78, 5) is 14.8. The van der Waals surface area contributed by atoms with Crippen molar-refractivity contribution in [2.75, 3.05) is 33.0 Å². The number of H-pyrrole nitrogens is 1. The second-order valence-electron chi connectivity index (χ2n) is 6.09. The summed E-state index contributed by atoms with van der Waals surface area (Å²) >= 11 is 0. The molecule has 0 bridgehead atoms. The molecule has 3 heterocycles. The Morgan fingerprint density at radius 3 is 3.05 bits per heavy atom. The Kier molecular flexibility index (Phi) is 3.35. The van der Waals surface area contributed by atoms with Gasteiger partial charge in [0.1, 0.15) is 0 Å². The smallest absolute Gasteiger partial charge is 0.227 e. The second kappa shape index (κ2) is 5.37. The van der Waals surface area contributed by atoms with Crippen LogP contribution in [0.5, 0.6) is 0 Å². The molecule has 1 unspecified atom stereocenters. The molecule has 6 heteroatoms. The molecule has 22 heavy (non-hydrogen) atoms. The molecule has 2 aliphatic heterocycles. The topological polar surface area (TPSA) is 67.5 Å². The van der Waals surface area contributed by atoms with Crippen LogP contribution in [0.4, 0.5) is 0 Å². The monoisotopic (exact) mass is 301 g/mol. The lowest BCUT2D eigenvalue weighted by Crippen LogP contribution is -2.60. The van der Waals surface area contributed by atoms with Crippen LogP contribution in [0.3, 0.4) is 0 Å². The molecule has 2 fully saturated rings. The molecular weight excluding hydrogens is 282 g/mol. The number of morpholine rings is 1. The van der Waals surface area contributed by atoms with Crippen LogP contribution in [0, 0.1) is 0 Å². The van der Waals surface area contributed by atoms with E-state index in [0.29, 0.717) is 39.4 Å². The zero-order valence-electron chi connectivity index (χ0n) is 12.4. The molecule has 1 N–H and O–H groups in total. The summed E-state index contributed by atoms with van der Waals surface area (Å²) in [6.07, 6.45) is 3.04. The number of hydrogen-bond acceptors (Lipinski definition) is 4. The largest absolute Gasteiger partial charge is 0.379 e. The van der Waals surface area contributed by atoms with E-state index in [1.165, 1.54) is 0 Å². The zero-order valence-corrected chi connectivity index (χ0v) is 12.4. The SMILES string of the molecule is O=C(Cc1ccc2cn[nH]c2c1)N1CCOCC12CCOC2. The summed E-state index contributed by atoms with van der Waals surface area (Å²) in [5, 5.41) is 8.02. The van der Waals surface area contributed by atoms with E-state index in [1.807, 2.05) is 23.1 Å². The maximum Gasteiger partial charge on any atom is 0.227 e. The Hall–Kier alpha value is -1.92. The van der Waals surface area contributed by atoms with Crippen molar-refractivity contribution in [3.8, 4) is 0 Å². The average molecular weight is 301 g/mol. The number of fused-ring (bicyclic) bond motifs is 1. The lowest BCUT2D eigenvalue weighted by molar-refractivity contribution is -0.148. The van der Waals surface area contributed by atoms with Crippen LogP contribution in [0.1, 0.15) is 12.0 Å². The Labute approximate surface area is 128 Å². The number of rotatable bonds is 2. The van der Waals surface area contributed by atoms with Crippen molar-refractivity contribution in [2.24, 2.45) is 0 Å². The number of benzene rings is 1. The molecule has 1 amide bonds. The first-order chi connectivity index (χ1) is 10.8. The number of nitrogens with one attached hydrogen (secondary N) is 1. The van der Waals surface area contributed by atoms with E-state index >= 15 is 0 Å². The highest BCUT2D eigenvalue weighted by Gasteiger charge is 2.45. The Morgan fingerprint density at radius 1 is 1.32 bits per heavy atom. The highest BCUT2D eigenvalue weighted by atomic mass is 16.5. The third kappa shape index (κ3) is 2.28. The van der Waals surface area contributed by atoms with Gasteiger partial charge in [-0.05, 0) is 18.1 Å². The molecule has 0 aliphatic carbocycles. The van der Waals surface area contributed by atoms with Gasteiger partial charge in [-0.25, -0.2) is 0 Å². The van der Waals surface area contributed by atoms with Gasteiger partial charge in [0.2, 0.25) is 5.91 Å². The van der Waals surface area contributed by atoms with Crippen LogP contribution in [-0.4, -0.2) is 59.5 Å². The van der Waals surface area contributed by atoms with Crippen molar-refractivity contribution in [1.82, 2.24) is 15.1 Å². The number of carbonyl (C=O) groups excluding carboxylic acids is 1. The minimum atomic E-state index is -0.257. The van der Waals surface area contributed by atoms with Gasteiger partial charge in [-0.2, -0.15) is 5.10 Å². The molecule has 0 radical (unpaired) electrons. The van der Waals surface area contributed by atoms with Crippen molar-refractivity contribution < 1.29 is 14.3 Å². The number of aromatic amines is 1. The third-order valence-electron chi connectivity index (χ3n) is 4.65. The van der Waals surface area contributed by atoms with Crippen LogP contribution in [0.2, 0.25) is 0 Å². The van der Waals surface area contributed by atoms with Gasteiger partial charge in [0.15, 0.2) is 0 Å². The van der Waals surface area contributed by atoms with Gasteiger partial charge in [0, 0.05) is 18.5 Å². The van der Waals surface area contributed by atoms with Gasteiger partial charge in [0.05, 0.1) is 43.5 Å². The molecule has 1 atom stereocenters. The number of hydrogen-bond donors (Lipinski definition) is 1. The Bertz CT molecular complexity index is 691. The summed E-state index contributed by atoms with van der Waals surface area (Å²) in [5.74, 6) is 0.146. The van der Waals surface area contributed by atoms with Gasteiger partial charge in [-0.1, -0.05) is 12.1 Å². The molecule has 1 aromatic carbocycles. The van der Waals surface area contributed by atoms with E-state index in [0.717, 1.165) is 22.9 Å². The lowest BCUT2D eigenvalue weighted by Gasteiger charge is -2.43. The van der Waals surface area contributed by atoms with Gasteiger partial charge in [0.25, 0.3) is 0 Å². The number of ether oxygens (including phenoxy) is 2. The first kappa shape index (κ1) is 13.7. The molecule has 1 spiro atoms. The first-order valence-electron chi connectivity index (χ1n) is 7.65. The summed E-state index contributed by atoms with van der Waals surface area (Å²) in [6.45, 7) is 3.12. The standard InChI is InChI=1S/C16H19N3O3/c20-15(8-12-1-2-13-9-17-18-14(13)7-12)19-4-6-22-11-16(19)3-5-21-10-16/h1-2,7,9H,3-6,8,10-11H2,(H,17,18). The van der Waals surface area contributed by atoms with Gasteiger partial charge in [-0.15, -0.1) is 0 Å². The molecule has 2 saturated heterocycles. The quantitative estimate of drug-likeness (QED) is 0.903. The number of amides is 1. The number of aromatic nitrogens is 2. The minimum absolute atomic E-state index is 0.146. The first-order valence-corrected chi connectivity index (χ1v) is 7.65. The Balaban J connectivity index is 1.55. The molecule has 116 valence electrons. The lowest BCUT2D eigenvalue weighted by atomic mass is 9.94. The van der Waals surface area contributed by atoms with Crippen LogP contribution in [-0.2, 0) is 20.7 Å². The van der Waals surface area contributed by atoms with Gasteiger partial charge < -0.3 is 14.4 Å². The molecule has 0 saturated carbocycles. The fourth-order valence-electron chi connectivity index (χ4n) is 3.41. The summed E-state index contributed by atoms with van der Waals surface area (Å²) in [7, 11) is 0. The van der Waals surface area contributed by atoms with Crippen LogP contribution >= 0.6 is 0 Å². The molecule has 1 aromatic heterocycles. The van der Waals surface area contributed by atoms with Crippen LogP contribution in [0.25, 0.3) is 10.9 Å². The second-order valence-corrected chi connectivity index (χ2v) is 6.09. The summed E-state index contributed by atoms with van der Waals surface area (Å²) < 4.78 is 11.1. The van der Waals surface area contributed by atoms with Crippen molar-refractivity contribution >= 4 is 16.8 Å². The predicted octanol–water partition coefficient (Wildman–Crippen LogP) is 1.12. The number of nitrogens with zero attached hydrogens (tertiary/aromatic N) is 2. The minimum Gasteiger partial charge on any atom is -0.379 e. The average Bonchev–Trinajstić information content (AvgIpc) is 3.17. The van der Waals surface area contributed by atoms with Crippen LogP contribution in [0.15, 0.2) is 24.4 Å². The predicted molar refractivity (Wildman–Crippen MR) is 80.5 cm³/mol. The fourth-order valence-corrected chi connectivity index (χ4v) is 3.41. The maximum atomic E-state index is 12.8. The van der Waals surface area contributed by atoms with Crippen molar-refractivity contribution in [3.05, 3.63) is 30.0 Å². The maximum absolute atomic E-state index is 12.8. The molecule has 2 aromatic rings. The highest BCUT2D eigenvalue weighted by molar-refractivity contribution is 5.83. The normalized spacial score (nSPS) is 25.2. The summed E-state index contributed by atoms with van der Waals surface area (Å²) in [6, 6.07) is 5.99. The summed E-state index contributed by atoms with van der Waals surface area (Å²) in [5.41, 5.74) is 1.71. The van der Waals surface area contributed by atoms with E-state index in [4.69, 9.17) is 9.47 Å². The van der Waals surface area contributed by atoms with Crippen molar-refractivity contribution in [1.29, 1.82) is 0 Å². The van der Waals surface area contributed by atoms with Crippen molar-refractivity contribution in [3.63, 3.8) is 0 Å². The van der Waals surface area contributed by atoms with Gasteiger partial charge in [-0.3, -0.25) is 9.89 Å². The van der Waals surface area contributed by atoms with E-state index in [9.17, 15) is 4.79 Å². The third-order valence-corrected chi connectivity index (χ3v) is 4.65. The van der Waals surface area contributed by atoms with E-state index < -0.39 is 0 Å². The van der Waals surface area contributed by atoms with E-state index in [1.54, 1.807) is 6.20 Å². The highest BCUT2D eigenvalue weighted by Crippen LogP contribution is 2.30. The van der Waals surface area contributed by atoms with E-state index in [2.05, 4.69) is 10.2 Å². The van der Waals surface area contributed by atoms with Crippen molar-refractivity contribution in [2.45, 2.75) is 18.4 Å². The fraction of sp³-hybridized carbons (Fsp3) is 0.500. The van der Waals surface area contributed by atoms with Crippen LogP contribution < -0.4 is 0 Å². The molecular formula is C16H19N3O3. The molecule has 2 aliphatic rings. The molecule has 4 rings (SSSR count). The number of carbonyl (C=O) groups is 1. The van der Waals surface area contributed by atoms with E-state index in [-0.39, 0.29) is 11.4 Å². The molecule has 6 nitrogen and oxygen atoms in total. The zero-order chi connectivity index (χ0) is 15.0. The Morgan fingerprint density at radius 2 is 2.18 bits per heavy atom. The van der Waals surface area contributed by atoms with Gasteiger partial charge >= 0.3 is 0 Å².